The van der Waals surface area contributed by atoms with E-state index in [0.717, 1.165) is 17.8 Å². The van der Waals surface area contributed by atoms with Crippen LogP contribution in [0, 0.1) is 40.9 Å². The minimum absolute atomic E-state index is 0.403. The molecule has 28 heavy (non-hydrogen) atoms. The van der Waals surface area contributed by atoms with Gasteiger partial charge in [-0.1, -0.05) is 64.8 Å². The fourth-order valence-corrected chi connectivity index (χ4v) is 9.87. The minimum atomic E-state index is 0.403. The van der Waals surface area contributed by atoms with Gasteiger partial charge in [-0.2, -0.15) is 0 Å². The number of rotatable bonds is 0. The van der Waals surface area contributed by atoms with Crippen molar-refractivity contribution in [3.63, 3.8) is 0 Å². The first kappa shape index (κ1) is 19.2. The smallest absolute Gasteiger partial charge is 0.00388 e. The molecule has 0 heteroatoms. The standard InChI is InChI=1S/C28H42/c1-19-8-10-21-20(18-19)9-11-23-26(21,4)16-13-24-27(5)15-7-14-25(2,3)22(27)12-17-28(23,24)6/h8,10,18,22-24H,7,9,11-17H2,1-6H3/t22-,23+,24+,26+,27-,28-/m1/s1. The molecule has 1 aromatic carbocycles. The van der Waals surface area contributed by atoms with Crippen LogP contribution in [-0.2, 0) is 11.8 Å². The van der Waals surface area contributed by atoms with Gasteiger partial charge in [0.2, 0.25) is 0 Å². The number of hydrogen-bond donors (Lipinski definition) is 0. The second kappa shape index (κ2) is 5.89. The number of aryl methyl sites for hydroxylation is 2. The molecule has 0 N–H and O–H groups in total. The molecule has 0 aromatic heterocycles. The predicted molar refractivity (Wildman–Crippen MR) is 120 cm³/mol. The van der Waals surface area contributed by atoms with Crippen molar-refractivity contribution in [2.45, 2.75) is 105 Å². The van der Waals surface area contributed by atoms with Crippen LogP contribution in [0.2, 0.25) is 0 Å². The molecule has 0 nitrogen and oxygen atoms in total. The van der Waals surface area contributed by atoms with E-state index in [1.807, 2.05) is 0 Å². The number of hydrogen-bond acceptors (Lipinski definition) is 0. The van der Waals surface area contributed by atoms with E-state index in [0.29, 0.717) is 21.7 Å². The molecule has 0 radical (unpaired) electrons. The van der Waals surface area contributed by atoms with Crippen molar-refractivity contribution in [3.05, 3.63) is 34.9 Å². The van der Waals surface area contributed by atoms with Crippen LogP contribution in [0.3, 0.4) is 0 Å². The highest BCUT2D eigenvalue weighted by molar-refractivity contribution is 5.41. The summed E-state index contributed by atoms with van der Waals surface area (Å²) in [6.45, 7) is 15.5. The summed E-state index contributed by atoms with van der Waals surface area (Å²) >= 11 is 0. The van der Waals surface area contributed by atoms with Crippen molar-refractivity contribution < 1.29 is 0 Å². The Morgan fingerprint density at radius 2 is 1.46 bits per heavy atom. The quantitative estimate of drug-likeness (QED) is 0.431. The third-order valence-electron chi connectivity index (χ3n) is 10.9. The molecule has 0 aliphatic heterocycles. The topological polar surface area (TPSA) is 0 Å². The molecular weight excluding hydrogens is 336 g/mol. The van der Waals surface area contributed by atoms with Crippen molar-refractivity contribution in [2.24, 2.45) is 34.0 Å². The zero-order valence-electron chi connectivity index (χ0n) is 19.3. The Bertz CT molecular complexity index is 787. The SMILES string of the molecule is Cc1ccc2c(c1)CC[C@@H]1[C@@]3(C)CC[C@@H]4C(C)(C)CCC[C@@]4(C)[C@@H]3CC[C@@]21C. The van der Waals surface area contributed by atoms with Gasteiger partial charge in [-0.3, -0.25) is 0 Å². The molecule has 4 aliphatic rings. The summed E-state index contributed by atoms with van der Waals surface area (Å²) < 4.78 is 0. The predicted octanol–water partition coefficient (Wildman–Crippen LogP) is 7.86. The van der Waals surface area contributed by atoms with Gasteiger partial charge in [0, 0.05) is 0 Å². The van der Waals surface area contributed by atoms with Crippen molar-refractivity contribution in [1.29, 1.82) is 0 Å². The van der Waals surface area contributed by atoms with Gasteiger partial charge in [0.1, 0.15) is 0 Å². The van der Waals surface area contributed by atoms with E-state index in [1.54, 1.807) is 11.1 Å². The maximum Gasteiger partial charge on any atom is -0.00388 e. The summed E-state index contributed by atoms with van der Waals surface area (Å²) in [6.07, 6.45) is 12.9. The van der Waals surface area contributed by atoms with Crippen molar-refractivity contribution in [2.75, 3.05) is 0 Å². The Morgan fingerprint density at radius 3 is 2.25 bits per heavy atom. The maximum atomic E-state index is 2.74. The van der Waals surface area contributed by atoms with Gasteiger partial charge < -0.3 is 0 Å². The number of fused-ring (bicyclic) bond motifs is 7. The summed E-state index contributed by atoms with van der Waals surface area (Å²) in [4.78, 5) is 0. The van der Waals surface area contributed by atoms with Crippen LogP contribution in [0.25, 0.3) is 0 Å². The van der Waals surface area contributed by atoms with Gasteiger partial charge in [-0.15, -0.1) is 0 Å². The molecule has 154 valence electrons. The van der Waals surface area contributed by atoms with Gasteiger partial charge >= 0.3 is 0 Å². The Labute approximate surface area is 173 Å². The third-order valence-corrected chi connectivity index (χ3v) is 10.9. The first-order chi connectivity index (χ1) is 13.1. The van der Waals surface area contributed by atoms with E-state index in [4.69, 9.17) is 0 Å². The van der Waals surface area contributed by atoms with Gasteiger partial charge in [0.05, 0.1) is 0 Å². The lowest BCUT2D eigenvalue weighted by Gasteiger charge is -2.69. The largest absolute Gasteiger partial charge is 0.0596 e. The lowest BCUT2D eigenvalue weighted by molar-refractivity contribution is -0.181. The van der Waals surface area contributed by atoms with Crippen LogP contribution in [0.4, 0.5) is 0 Å². The Balaban J connectivity index is 1.57. The monoisotopic (exact) mass is 378 g/mol. The van der Waals surface area contributed by atoms with Crippen molar-refractivity contribution in [3.8, 4) is 0 Å². The molecular formula is C28H42. The Morgan fingerprint density at radius 1 is 0.750 bits per heavy atom. The molecule has 0 spiro atoms. The second-order valence-corrected chi connectivity index (χ2v) is 12.7. The second-order valence-electron chi connectivity index (χ2n) is 12.7. The van der Waals surface area contributed by atoms with E-state index in [1.165, 1.54) is 63.4 Å². The molecule has 0 unspecified atom stereocenters. The summed E-state index contributed by atoms with van der Waals surface area (Å²) in [7, 11) is 0. The lowest BCUT2D eigenvalue weighted by atomic mass is 9.35. The van der Waals surface area contributed by atoms with Crippen LogP contribution in [-0.4, -0.2) is 0 Å². The van der Waals surface area contributed by atoms with E-state index in [2.05, 4.69) is 59.7 Å². The van der Waals surface area contributed by atoms with Crippen LogP contribution >= 0.6 is 0 Å². The van der Waals surface area contributed by atoms with E-state index in [-0.39, 0.29) is 0 Å². The van der Waals surface area contributed by atoms with Gasteiger partial charge in [-0.25, -0.2) is 0 Å². The van der Waals surface area contributed by atoms with Crippen molar-refractivity contribution in [1.82, 2.24) is 0 Å². The lowest BCUT2D eigenvalue weighted by Crippen LogP contribution is -2.62. The van der Waals surface area contributed by atoms with Gasteiger partial charge in [0.15, 0.2) is 0 Å². The fourth-order valence-electron chi connectivity index (χ4n) is 9.87. The average molecular weight is 379 g/mol. The van der Waals surface area contributed by atoms with Crippen LogP contribution in [0.1, 0.15) is 103 Å². The van der Waals surface area contributed by atoms with E-state index in [9.17, 15) is 0 Å². The van der Waals surface area contributed by atoms with E-state index >= 15 is 0 Å². The molecule has 6 atom stereocenters. The molecule has 1 aromatic rings. The Hall–Kier alpha value is -0.780. The first-order valence-corrected chi connectivity index (χ1v) is 12.2. The zero-order chi connectivity index (χ0) is 19.9. The highest BCUT2D eigenvalue weighted by atomic mass is 14.7. The number of benzene rings is 1. The summed E-state index contributed by atoms with van der Waals surface area (Å²) in [6, 6.07) is 7.38. The summed E-state index contributed by atoms with van der Waals surface area (Å²) in [5.74, 6) is 2.75. The van der Waals surface area contributed by atoms with Crippen LogP contribution < -0.4 is 0 Å². The summed E-state index contributed by atoms with van der Waals surface area (Å²) in [5.41, 5.74) is 6.88. The average Bonchev–Trinajstić information content (AvgIpc) is 2.59. The summed E-state index contributed by atoms with van der Waals surface area (Å²) in [5, 5.41) is 0. The molecule has 3 saturated carbocycles. The molecule has 0 bridgehead atoms. The minimum Gasteiger partial charge on any atom is -0.0596 e. The maximum absolute atomic E-state index is 2.74. The molecule has 3 fully saturated rings. The van der Waals surface area contributed by atoms with Gasteiger partial charge in [0.25, 0.3) is 0 Å². The van der Waals surface area contributed by atoms with Gasteiger partial charge in [-0.05, 0) is 109 Å². The first-order valence-electron chi connectivity index (χ1n) is 12.2. The zero-order valence-corrected chi connectivity index (χ0v) is 19.3. The molecule has 0 saturated heterocycles. The fraction of sp³-hybridized carbons (Fsp3) is 0.786. The molecule has 0 amide bonds. The third kappa shape index (κ3) is 2.36. The van der Waals surface area contributed by atoms with E-state index < -0.39 is 0 Å². The Kier molecular flexibility index (Phi) is 4.04. The van der Waals surface area contributed by atoms with Crippen LogP contribution in [0.5, 0.6) is 0 Å². The van der Waals surface area contributed by atoms with Crippen LogP contribution in [0.15, 0.2) is 18.2 Å². The molecule has 0 heterocycles. The molecule has 4 aliphatic carbocycles. The normalized spacial score (nSPS) is 46.7. The van der Waals surface area contributed by atoms with Crippen molar-refractivity contribution >= 4 is 0 Å². The molecule has 5 rings (SSSR count). The highest BCUT2D eigenvalue weighted by Crippen LogP contribution is 2.72. The highest BCUT2D eigenvalue weighted by Gasteiger charge is 2.64.